The molecule has 0 aliphatic heterocycles. The zero-order valence-electron chi connectivity index (χ0n) is 13.2. The molecule has 0 spiro atoms. The van der Waals surface area contributed by atoms with Crippen LogP contribution >= 0.6 is 0 Å². The largest absolute Gasteiger partial charge is 0.545 e. The molecule has 0 atom stereocenters. The molecular weight excluding hydrogens is 344 g/mol. The van der Waals surface area contributed by atoms with Crippen LogP contribution in [0.4, 0.5) is 5.69 Å². The van der Waals surface area contributed by atoms with Gasteiger partial charge in [0.25, 0.3) is 5.69 Å². The summed E-state index contributed by atoms with van der Waals surface area (Å²) in [7, 11) is 0. The molecule has 0 aliphatic rings. The van der Waals surface area contributed by atoms with Gasteiger partial charge in [-0.3, -0.25) is 10.1 Å². The first-order valence-corrected chi connectivity index (χ1v) is 6.99. The Morgan fingerprint density at radius 2 is 1.65 bits per heavy atom. The first-order valence-electron chi connectivity index (χ1n) is 6.99. The molecule has 3 aromatic rings. The molecule has 9 nitrogen and oxygen atoms in total. The Morgan fingerprint density at radius 3 is 2.23 bits per heavy atom. The fraction of sp³-hybridized carbons (Fsp3) is 0. The number of carboxylic acid groups (broad SMARTS) is 2. The number of H-pyrrole nitrogens is 1. The van der Waals surface area contributed by atoms with E-state index in [9.17, 15) is 24.8 Å². The number of rotatable bonds is 3. The van der Waals surface area contributed by atoms with Crippen molar-refractivity contribution in [2.75, 3.05) is 0 Å². The van der Waals surface area contributed by atoms with Gasteiger partial charge in [-0.05, 0) is 12.1 Å². The molecular formula is C17H14N2O7. The molecule has 1 heterocycles. The maximum Gasteiger partial charge on any atom is 0.343 e. The van der Waals surface area contributed by atoms with E-state index >= 15 is 0 Å². The van der Waals surface area contributed by atoms with E-state index in [2.05, 4.69) is 23.2 Å². The van der Waals surface area contributed by atoms with Gasteiger partial charge in [0.1, 0.15) is 5.56 Å². The standard InChI is InChI=1S/C9H7N.C8H5NO6.H2O/c1-2-6-9-8(4-1)5-3-7-10-9;10-7(11)4-2-1-3-5(9(14)15)6(4)8(12)13;/h1-7H;1-3H,(H,10,11)(H,12,13);1H2. The zero-order valence-corrected chi connectivity index (χ0v) is 13.2. The number of nitro benzene ring substituents is 1. The summed E-state index contributed by atoms with van der Waals surface area (Å²) in [5, 5.41) is 30.8. The fourth-order valence-corrected chi connectivity index (χ4v) is 2.15. The molecule has 26 heavy (non-hydrogen) atoms. The van der Waals surface area contributed by atoms with Gasteiger partial charge in [-0.15, -0.1) is 0 Å². The van der Waals surface area contributed by atoms with Crippen molar-refractivity contribution in [1.82, 2.24) is 0 Å². The number of nitrogens with one attached hydrogen (secondary N) is 1. The summed E-state index contributed by atoms with van der Waals surface area (Å²) >= 11 is 0. The summed E-state index contributed by atoms with van der Waals surface area (Å²) in [5.41, 5.74) is -1.17. The van der Waals surface area contributed by atoms with Gasteiger partial charge in [0.05, 0.1) is 10.9 Å². The molecule has 4 N–H and O–H groups in total. The smallest absolute Gasteiger partial charge is 0.343 e. The number of carboxylic acids is 2. The SMILES string of the molecule is O.O=C([O-])c1cccc([N+](=O)[O-])c1C(=O)O.c1ccc2[nH+]cccc2c1. The Kier molecular flexibility index (Phi) is 6.87. The number of hydrogen-bond acceptors (Lipinski definition) is 5. The monoisotopic (exact) mass is 358 g/mol. The second kappa shape index (κ2) is 8.85. The van der Waals surface area contributed by atoms with Crippen LogP contribution in [0.2, 0.25) is 0 Å². The number of benzene rings is 2. The van der Waals surface area contributed by atoms with Gasteiger partial charge in [0, 0.05) is 29.1 Å². The summed E-state index contributed by atoms with van der Waals surface area (Å²) in [4.78, 5) is 33.8. The van der Waals surface area contributed by atoms with Crippen LogP contribution in [0.5, 0.6) is 0 Å². The van der Waals surface area contributed by atoms with Crippen molar-refractivity contribution < 1.29 is 35.2 Å². The molecule has 0 aliphatic carbocycles. The van der Waals surface area contributed by atoms with Gasteiger partial charge in [-0.1, -0.05) is 24.3 Å². The highest BCUT2D eigenvalue weighted by Crippen LogP contribution is 2.21. The van der Waals surface area contributed by atoms with Gasteiger partial charge >= 0.3 is 5.97 Å². The maximum atomic E-state index is 10.7. The lowest BCUT2D eigenvalue weighted by Crippen LogP contribution is -2.25. The van der Waals surface area contributed by atoms with Crippen molar-refractivity contribution in [2.24, 2.45) is 0 Å². The van der Waals surface area contributed by atoms with Crippen LogP contribution in [0.1, 0.15) is 20.7 Å². The minimum absolute atomic E-state index is 0. The third kappa shape index (κ3) is 4.58. The molecule has 0 bridgehead atoms. The Morgan fingerprint density at radius 1 is 1.00 bits per heavy atom. The van der Waals surface area contributed by atoms with Crippen molar-refractivity contribution in [3.8, 4) is 0 Å². The lowest BCUT2D eigenvalue weighted by Gasteiger charge is -2.06. The molecule has 0 saturated heterocycles. The van der Waals surface area contributed by atoms with E-state index < -0.39 is 33.7 Å². The summed E-state index contributed by atoms with van der Waals surface area (Å²) in [5.74, 6) is -3.45. The van der Waals surface area contributed by atoms with Crippen LogP contribution in [0.15, 0.2) is 60.8 Å². The number of nitro groups is 1. The molecule has 0 radical (unpaired) electrons. The number of nitrogens with zero attached hydrogens (tertiary/aromatic N) is 1. The lowest BCUT2D eigenvalue weighted by molar-refractivity contribution is -0.385. The fourth-order valence-electron chi connectivity index (χ4n) is 2.15. The highest BCUT2D eigenvalue weighted by Gasteiger charge is 2.23. The molecule has 3 rings (SSSR count). The minimum Gasteiger partial charge on any atom is -0.545 e. The van der Waals surface area contributed by atoms with Gasteiger partial charge in [0.2, 0.25) is 5.52 Å². The number of carbonyl (C=O) groups excluding carboxylic acids is 1. The number of fused-ring (bicyclic) bond motifs is 1. The van der Waals surface area contributed by atoms with E-state index in [1.54, 1.807) is 0 Å². The number of aromatic carboxylic acids is 2. The Labute approximate surface area is 146 Å². The third-order valence-electron chi connectivity index (χ3n) is 3.24. The molecule has 0 fully saturated rings. The molecule has 0 unspecified atom stereocenters. The highest BCUT2D eigenvalue weighted by atomic mass is 16.6. The van der Waals surface area contributed by atoms with Crippen molar-refractivity contribution in [3.63, 3.8) is 0 Å². The third-order valence-corrected chi connectivity index (χ3v) is 3.24. The van der Waals surface area contributed by atoms with Crippen molar-refractivity contribution in [3.05, 3.63) is 82.0 Å². The molecule has 0 saturated carbocycles. The van der Waals surface area contributed by atoms with Crippen molar-refractivity contribution >= 4 is 28.5 Å². The Bertz CT molecular complexity index is 859. The van der Waals surface area contributed by atoms with E-state index in [1.165, 1.54) is 10.9 Å². The van der Waals surface area contributed by atoms with Gasteiger partial charge in [-0.2, -0.15) is 0 Å². The number of aromatic nitrogens is 1. The first-order chi connectivity index (χ1) is 11.9. The van der Waals surface area contributed by atoms with Gasteiger partial charge in [0.15, 0.2) is 6.20 Å². The topological polar surface area (TPSA) is 166 Å². The summed E-state index contributed by atoms with van der Waals surface area (Å²) < 4.78 is 0. The molecule has 1 aromatic heterocycles. The quantitative estimate of drug-likeness (QED) is 0.528. The molecule has 134 valence electrons. The number of aromatic amines is 1. The van der Waals surface area contributed by atoms with Crippen LogP contribution in [-0.2, 0) is 0 Å². The number of pyridine rings is 1. The van der Waals surface area contributed by atoms with Crippen LogP contribution in [0.25, 0.3) is 10.9 Å². The summed E-state index contributed by atoms with van der Waals surface area (Å²) in [6, 6.07) is 15.2. The lowest BCUT2D eigenvalue weighted by atomic mass is 10.1. The Hall–Kier alpha value is -3.85. The molecule has 9 heteroatoms. The maximum absolute atomic E-state index is 10.7. The van der Waals surface area contributed by atoms with Crippen LogP contribution in [0.3, 0.4) is 0 Å². The second-order valence-electron chi connectivity index (χ2n) is 4.81. The summed E-state index contributed by atoms with van der Waals surface area (Å²) in [6.07, 6.45) is 1.93. The average Bonchev–Trinajstić information content (AvgIpc) is 2.61. The molecule has 2 aromatic carbocycles. The van der Waals surface area contributed by atoms with Gasteiger partial charge in [-0.25, -0.2) is 9.78 Å². The van der Waals surface area contributed by atoms with E-state index in [1.807, 2.05) is 24.4 Å². The second-order valence-corrected chi connectivity index (χ2v) is 4.81. The number of carbonyl (C=O) groups is 2. The normalized spacial score (nSPS) is 9.38. The van der Waals surface area contributed by atoms with Gasteiger partial charge < -0.3 is 20.5 Å². The highest BCUT2D eigenvalue weighted by molar-refractivity contribution is 6.03. The zero-order chi connectivity index (χ0) is 18.4. The van der Waals surface area contributed by atoms with Crippen molar-refractivity contribution in [2.45, 2.75) is 0 Å². The Balaban J connectivity index is 0.000000267. The van der Waals surface area contributed by atoms with Crippen LogP contribution < -0.4 is 10.1 Å². The van der Waals surface area contributed by atoms with E-state index in [0.717, 1.165) is 18.2 Å². The van der Waals surface area contributed by atoms with E-state index in [-0.39, 0.29) is 5.48 Å². The number of para-hydroxylation sites is 1. The van der Waals surface area contributed by atoms with E-state index in [0.29, 0.717) is 0 Å². The van der Waals surface area contributed by atoms with E-state index in [4.69, 9.17) is 5.11 Å². The first kappa shape index (κ1) is 20.2. The number of hydrogen-bond donors (Lipinski definition) is 1. The average molecular weight is 358 g/mol. The predicted molar refractivity (Wildman–Crippen MR) is 88.5 cm³/mol. The van der Waals surface area contributed by atoms with Crippen LogP contribution in [0, 0.1) is 10.1 Å². The predicted octanol–water partition coefficient (Wildman–Crippen LogP) is 0.486. The van der Waals surface area contributed by atoms with Crippen LogP contribution in [-0.4, -0.2) is 27.4 Å². The molecule has 0 amide bonds. The summed E-state index contributed by atoms with van der Waals surface area (Å²) in [6.45, 7) is 0. The minimum atomic E-state index is -1.77. The van der Waals surface area contributed by atoms with Crippen molar-refractivity contribution in [1.29, 1.82) is 0 Å².